The fourth-order valence-corrected chi connectivity index (χ4v) is 3.64. The number of halogens is 1. The molecule has 0 bridgehead atoms. The first kappa shape index (κ1) is 22.9. The van der Waals surface area contributed by atoms with Crippen LogP contribution in [0, 0.1) is 0 Å². The van der Waals surface area contributed by atoms with Crippen molar-refractivity contribution in [2.75, 3.05) is 22.4 Å². The van der Waals surface area contributed by atoms with E-state index in [0.29, 0.717) is 16.9 Å². The maximum Gasteiger partial charge on any atom is 0.253 e. The van der Waals surface area contributed by atoms with E-state index >= 15 is 0 Å². The number of sulfonamides is 1. The molecule has 7 nitrogen and oxygen atoms in total. The van der Waals surface area contributed by atoms with E-state index in [2.05, 4.69) is 26.6 Å². The van der Waals surface area contributed by atoms with Crippen LogP contribution in [0.1, 0.15) is 30.6 Å². The number of hydrogen-bond donors (Lipinski definition) is 2. The molecule has 0 aromatic heterocycles. The Morgan fingerprint density at radius 3 is 2.31 bits per heavy atom. The van der Waals surface area contributed by atoms with Gasteiger partial charge in [-0.25, -0.2) is 8.42 Å². The van der Waals surface area contributed by atoms with Crippen LogP contribution in [0.25, 0.3) is 0 Å². The predicted molar refractivity (Wildman–Crippen MR) is 119 cm³/mol. The summed E-state index contributed by atoms with van der Waals surface area (Å²) in [5.41, 5.74) is 1.01. The number of anilines is 2. The number of carbonyl (C=O) groups excluding carboxylic acids is 2. The van der Waals surface area contributed by atoms with Crippen LogP contribution in [0.5, 0.6) is 0 Å². The van der Waals surface area contributed by atoms with Crippen molar-refractivity contribution in [3.05, 3.63) is 58.6 Å². The highest BCUT2D eigenvalue weighted by molar-refractivity contribution is 9.10. The monoisotopic (exact) mass is 481 g/mol. The van der Waals surface area contributed by atoms with Gasteiger partial charge in [-0.2, -0.15) is 0 Å². The van der Waals surface area contributed by atoms with E-state index in [1.54, 1.807) is 48.5 Å². The quantitative estimate of drug-likeness (QED) is 0.603. The molecule has 0 unspecified atom stereocenters. The Balaban J connectivity index is 2.21. The van der Waals surface area contributed by atoms with Gasteiger partial charge in [0.05, 0.1) is 23.2 Å². The second-order valence-electron chi connectivity index (χ2n) is 6.62. The normalized spacial score (nSPS) is 12.1. The number of para-hydroxylation sites is 1. The van der Waals surface area contributed by atoms with Crippen LogP contribution in [-0.2, 0) is 14.8 Å². The Hall–Kier alpha value is -2.39. The molecule has 2 rings (SSSR count). The minimum absolute atomic E-state index is 0.00983. The average Bonchev–Trinajstić information content (AvgIpc) is 2.66. The SMILES string of the molecule is CC[C@H](C)NC(=O)c1ccccc1NC(=O)CN(c1ccc(Br)cc1)S(C)(=O)=O. The fraction of sp³-hybridized carbons (Fsp3) is 0.300. The lowest BCUT2D eigenvalue weighted by molar-refractivity contribution is -0.114. The van der Waals surface area contributed by atoms with Crippen molar-refractivity contribution in [3.8, 4) is 0 Å². The summed E-state index contributed by atoms with van der Waals surface area (Å²) in [7, 11) is -3.69. The number of nitrogens with one attached hydrogen (secondary N) is 2. The summed E-state index contributed by atoms with van der Waals surface area (Å²) in [4.78, 5) is 25.1. The van der Waals surface area contributed by atoms with E-state index in [0.717, 1.165) is 21.5 Å². The van der Waals surface area contributed by atoms with Gasteiger partial charge in [0.1, 0.15) is 6.54 Å². The largest absolute Gasteiger partial charge is 0.350 e. The van der Waals surface area contributed by atoms with Gasteiger partial charge in [0.2, 0.25) is 15.9 Å². The Morgan fingerprint density at radius 1 is 1.10 bits per heavy atom. The molecule has 9 heteroatoms. The fourth-order valence-electron chi connectivity index (χ4n) is 2.52. The van der Waals surface area contributed by atoms with E-state index in [-0.39, 0.29) is 11.9 Å². The lowest BCUT2D eigenvalue weighted by atomic mass is 10.1. The number of carbonyl (C=O) groups is 2. The highest BCUT2D eigenvalue weighted by atomic mass is 79.9. The third-order valence-electron chi connectivity index (χ3n) is 4.24. The molecule has 0 fully saturated rings. The topological polar surface area (TPSA) is 95.6 Å². The van der Waals surface area contributed by atoms with Gasteiger partial charge in [-0.05, 0) is 49.7 Å². The summed E-state index contributed by atoms with van der Waals surface area (Å²) in [5, 5.41) is 5.51. The second-order valence-corrected chi connectivity index (χ2v) is 9.45. The minimum atomic E-state index is -3.69. The zero-order chi connectivity index (χ0) is 21.6. The van der Waals surface area contributed by atoms with Crippen molar-refractivity contribution in [2.24, 2.45) is 0 Å². The smallest absolute Gasteiger partial charge is 0.253 e. The van der Waals surface area contributed by atoms with E-state index in [1.165, 1.54) is 0 Å². The molecule has 0 radical (unpaired) electrons. The first-order valence-electron chi connectivity index (χ1n) is 9.04. The first-order chi connectivity index (χ1) is 13.6. The molecule has 0 aliphatic heterocycles. The van der Waals surface area contributed by atoms with Gasteiger partial charge < -0.3 is 10.6 Å². The Morgan fingerprint density at radius 2 is 1.72 bits per heavy atom. The lowest BCUT2D eigenvalue weighted by Gasteiger charge is -2.22. The molecule has 0 heterocycles. The first-order valence-corrected chi connectivity index (χ1v) is 11.7. The van der Waals surface area contributed by atoms with E-state index < -0.39 is 22.5 Å². The molecule has 2 N–H and O–H groups in total. The number of nitrogens with zero attached hydrogens (tertiary/aromatic N) is 1. The van der Waals surface area contributed by atoms with Gasteiger partial charge in [-0.1, -0.05) is 35.0 Å². The van der Waals surface area contributed by atoms with E-state index in [4.69, 9.17) is 0 Å². The van der Waals surface area contributed by atoms with Crippen molar-refractivity contribution in [3.63, 3.8) is 0 Å². The molecular formula is C20H24BrN3O4S. The molecule has 156 valence electrons. The zero-order valence-corrected chi connectivity index (χ0v) is 18.9. The maximum absolute atomic E-state index is 12.6. The predicted octanol–water partition coefficient (Wildman–Crippen LogP) is 3.38. The minimum Gasteiger partial charge on any atom is -0.350 e. The van der Waals surface area contributed by atoms with Crippen molar-refractivity contribution < 1.29 is 18.0 Å². The molecule has 0 saturated heterocycles. The number of benzene rings is 2. The van der Waals surface area contributed by atoms with Gasteiger partial charge in [-0.15, -0.1) is 0 Å². The van der Waals surface area contributed by atoms with Crippen LogP contribution >= 0.6 is 15.9 Å². The van der Waals surface area contributed by atoms with E-state index in [9.17, 15) is 18.0 Å². The van der Waals surface area contributed by atoms with Crippen LogP contribution in [0.4, 0.5) is 11.4 Å². The molecule has 2 aromatic rings. The number of amides is 2. The van der Waals surface area contributed by atoms with Crippen LogP contribution in [0.2, 0.25) is 0 Å². The molecule has 0 saturated carbocycles. The molecular weight excluding hydrogens is 458 g/mol. The molecule has 1 atom stereocenters. The summed E-state index contributed by atoms with van der Waals surface area (Å²) < 4.78 is 26.2. The van der Waals surface area contributed by atoms with Gasteiger partial charge in [0, 0.05) is 10.5 Å². The Bertz CT molecular complexity index is 977. The standard InChI is InChI=1S/C20H24BrN3O4S/c1-4-14(2)22-20(26)17-7-5-6-8-18(17)23-19(25)13-24(29(3,27)28)16-11-9-15(21)10-12-16/h5-12,14H,4,13H2,1-3H3,(H,22,26)(H,23,25)/t14-/m0/s1. The highest BCUT2D eigenvalue weighted by Crippen LogP contribution is 2.21. The molecule has 0 aliphatic rings. The van der Waals surface area contributed by atoms with Crippen molar-refractivity contribution in [1.29, 1.82) is 0 Å². The molecule has 2 aromatic carbocycles. The molecule has 29 heavy (non-hydrogen) atoms. The summed E-state index contributed by atoms with van der Waals surface area (Å²) in [6, 6.07) is 13.2. The lowest BCUT2D eigenvalue weighted by Crippen LogP contribution is -2.38. The summed E-state index contributed by atoms with van der Waals surface area (Å²) in [5.74, 6) is -0.856. The van der Waals surface area contributed by atoms with Crippen LogP contribution in [0.15, 0.2) is 53.0 Å². The zero-order valence-electron chi connectivity index (χ0n) is 16.5. The third kappa shape index (κ3) is 6.57. The van der Waals surface area contributed by atoms with Crippen LogP contribution in [-0.4, -0.2) is 39.1 Å². The average molecular weight is 482 g/mol. The van der Waals surface area contributed by atoms with Gasteiger partial charge in [0.25, 0.3) is 5.91 Å². The summed E-state index contributed by atoms with van der Waals surface area (Å²) in [6.07, 6.45) is 1.81. The summed E-state index contributed by atoms with van der Waals surface area (Å²) in [6.45, 7) is 3.43. The molecule has 0 spiro atoms. The summed E-state index contributed by atoms with van der Waals surface area (Å²) >= 11 is 3.30. The number of hydrogen-bond acceptors (Lipinski definition) is 4. The van der Waals surface area contributed by atoms with Crippen molar-refractivity contribution in [1.82, 2.24) is 5.32 Å². The third-order valence-corrected chi connectivity index (χ3v) is 5.91. The van der Waals surface area contributed by atoms with Crippen LogP contribution < -0.4 is 14.9 Å². The molecule has 0 aliphatic carbocycles. The van der Waals surface area contributed by atoms with Gasteiger partial charge >= 0.3 is 0 Å². The van der Waals surface area contributed by atoms with Crippen molar-refractivity contribution in [2.45, 2.75) is 26.3 Å². The van der Waals surface area contributed by atoms with Gasteiger partial charge in [0.15, 0.2) is 0 Å². The van der Waals surface area contributed by atoms with Gasteiger partial charge in [-0.3, -0.25) is 13.9 Å². The number of rotatable bonds is 8. The van der Waals surface area contributed by atoms with Crippen LogP contribution in [0.3, 0.4) is 0 Å². The highest BCUT2D eigenvalue weighted by Gasteiger charge is 2.22. The Kier molecular flexibility index (Phi) is 7.80. The van der Waals surface area contributed by atoms with Crippen molar-refractivity contribution >= 4 is 49.1 Å². The maximum atomic E-state index is 12.6. The Labute approximate surface area is 179 Å². The second kappa shape index (κ2) is 9.89. The van der Waals surface area contributed by atoms with E-state index in [1.807, 2.05) is 13.8 Å². The molecule has 2 amide bonds.